The van der Waals surface area contributed by atoms with Crippen molar-refractivity contribution >= 4 is 23.6 Å². The van der Waals surface area contributed by atoms with Gasteiger partial charge in [0.05, 0.1) is 18.8 Å². The van der Waals surface area contributed by atoms with Gasteiger partial charge in [0, 0.05) is 11.3 Å². The van der Waals surface area contributed by atoms with E-state index in [0.717, 1.165) is 5.56 Å². The molecule has 0 bridgehead atoms. The van der Waals surface area contributed by atoms with Crippen LogP contribution in [-0.2, 0) is 11.2 Å². The summed E-state index contributed by atoms with van der Waals surface area (Å²) in [6.07, 6.45) is 3.70. The Balaban J connectivity index is 2.41. The van der Waals surface area contributed by atoms with E-state index in [4.69, 9.17) is 14.6 Å². The summed E-state index contributed by atoms with van der Waals surface area (Å²) in [6.45, 7) is 8.37. The van der Waals surface area contributed by atoms with Gasteiger partial charge in [0.15, 0.2) is 11.5 Å². The number of amides is 1. The Morgan fingerprint density at radius 3 is 2.55 bits per heavy atom. The Bertz CT molecular complexity index is 1050. The van der Waals surface area contributed by atoms with Gasteiger partial charge in [-0.05, 0) is 62.2 Å². The average Bonchev–Trinajstić information content (AvgIpc) is 2.74. The standard InChI is InChI=1S/C24H24N2O5/c1-4-8-17-11-16(13-21(30-5-2)22(17)31-6-3)12-19(15-25)23(27)26-20-10-7-9-18(14-20)24(28)29/h4,7,9-14H,1,5-6,8H2,2-3H3,(H,26,27)(H,28,29)/b19-12-. The van der Waals surface area contributed by atoms with Gasteiger partial charge in [-0.25, -0.2) is 4.79 Å². The van der Waals surface area contributed by atoms with Gasteiger partial charge in [-0.15, -0.1) is 6.58 Å². The van der Waals surface area contributed by atoms with Gasteiger partial charge in [-0.3, -0.25) is 4.79 Å². The van der Waals surface area contributed by atoms with Crippen LogP contribution in [0.4, 0.5) is 5.69 Å². The minimum atomic E-state index is -1.11. The molecule has 2 aromatic rings. The fraction of sp³-hybridized carbons (Fsp3) is 0.208. The largest absolute Gasteiger partial charge is 0.490 e. The van der Waals surface area contributed by atoms with Crippen molar-refractivity contribution in [3.05, 3.63) is 71.3 Å². The lowest BCUT2D eigenvalue weighted by Crippen LogP contribution is -2.14. The normalized spacial score (nSPS) is 10.7. The number of aromatic carboxylic acids is 1. The van der Waals surface area contributed by atoms with E-state index < -0.39 is 11.9 Å². The van der Waals surface area contributed by atoms with Gasteiger partial charge >= 0.3 is 5.97 Å². The fourth-order valence-corrected chi connectivity index (χ4v) is 2.89. The number of benzene rings is 2. The van der Waals surface area contributed by atoms with E-state index in [9.17, 15) is 14.9 Å². The summed E-state index contributed by atoms with van der Waals surface area (Å²) in [5.41, 5.74) is 1.58. The molecule has 0 saturated heterocycles. The number of nitriles is 1. The molecule has 0 radical (unpaired) electrons. The quantitative estimate of drug-likeness (QED) is 0.334. The van der Waals surface area contributed by atoms with Crippen molar-refractivity contribution in [2.24, 2.45) is 0 Å². The van der Waals surface area contributed by atoms with Crippen molar-refractivity contribution in [3.8, 4) is 17.6 Å². The number of carbonyl (C=O) groups is 2. The zero-order valence-corrected chi connectivity index (χ0v) is 17.5. The first kappa shape index (κ1) is 23.2. The van der Waals surface area contributed by atoms with Crippen LogP contribution in [0.3, 0.4) is 0 Å². The third-order valence-electron chi connectivity index (χ3n) is 4.15. The zero-order chi connectivity index (χ0) is 22.8. The van der Waals surface area contributed by atoms with Crippen molar-refractivity contribution in [1.82, 2.24) is 0 Å². The van der Waals surface area contributed by atoms with Crippen LogP contribution in [0.15, 0.2) is 54.6 Å². The number of nitrogens with one attached hydrogen (secondary N) is 1. The fourth-order valence-electron chi connectivity index (χ4n) is 2.89. The summed E-state index contributed by atoms with van der Waals surface area (Å²) in [6, 6.07) is 11.2. The molecule has 2 aromatic carbocycles. The maximum Gasteiger partial charge on any atom is 0.335 e. The number of rotatable bonds is 10. The number of carbonyl (C=O) groups excluding carboxylic acids is 1. The van der Waals surface area contributed by atoms with Gasteiger partial charge in [-0.1, -0.05) is 12.1 Å². The zero-order valence-electron chi connectivity index (χ0n) is 17.5. The van der Waals surface area contributed by atoms with Crippen LogP contribution in [0.1, 0.15) is 35.3 Å². The summed E-state index contributed by atoms with van der Waals surface area (Å²) in [4.78, 5) is 23.7. The van der Waals surface area contributed by atoms with Gasteiger partial charge in [0.25, 0.3) is 5.91 Å². The molecule has 0 fully saturated rings. The van der Waals surface area contributed by atoms with E-state index in [1.165, 1.54) is 24.3 Å². The summed E-state index contributed by atoms with van der Waals surface area (Å²) in [7, 11) is 0. The van der Waals surface area contributed by atoms with Crippen LogP contribution in [0.2, 0.25) is 0 Å². The number of carboxylic acid groups (broad SMARTS) is 1. The highest BCUT2D eigenvalue weighted by molar-refractivity contribution is 6.10. The first-order valence-electron chi connectivity index (χ1n) is 9.73. The maximum absolute atomic E-state index is 12.6. The number of hydrogen-bond acceptors (Lipinski definition) is 5. The Morgan fingerprint density at radius 1 is 1.19 bits per heavy atom. The summed E-state index contributed by atoms with van der Waals surface area (Å²) in [5, 5.41) is 21.2. The molecule has 1 amide bonds. The minimum Gasteiger partial charge on any atom is -0.490 e. The predicted octanol–water partition coefficient (Wildman–Crippen LogP) is 4.46. The molecule has 0 aliphatic carbocycles. The van der Waals surface area contributed by atoms with E-state index in [1.807, 2.05) is 26.0 Å². The number of nitrogens with zero attached hydrogens (tertiary/aromatic N) is 1. The van der Waals surface area contributed by atoms with Gasteiger partial charge in [0.2, 0.25) is 0 Å². The minimum absolute atomic E-state index is 0.0298. The molecule has 31 heavy (non-hydrogen) atoms. The van der Waals surface area contributed by atoms with Crippen molar-refractivity contribution < 1.29 is 24.2 Å². The molecule has 160 valence electrons. The monoisotopic (exact) mass is 420 g/mol. The molecule has 0 aliphatic rings. The summed E-state index contributed by atoms with van der Waals surface area (Å²) in [5.74, 6) is -0.640. The molecule has 0 saturated carbocycles. The lowest BCUT2D eigenvalue weighted by Gasteiger charge is -2.16. The third kappa shape index (κ3) is 6.21. The van der Waals surface area contributed by atoms with Crippen LogP contribution >= 0.6 is 0 Å². The molecule has 7 heteroatoms. The van der Waals surface area contributed by atoms with Crippen LogP contribution in [0.5, 0.6) is 11.5 Å². The van der Waals surface area contributed by atoms with Crippen molar-refractivity contribution in [1.29, 1.82) is 5.26 Å². The summed E-state index contributed by atoms with van der Waals surface area (Å²) < 4.78 is 11.4. The van der Waals surface area contributed by atoms with Gasteiger partial charge < -0.3 is 19.9 Å². The highest BCUT2D eigenvalue weighted by Crippen LogP contribution is 2.34. The van der Waals surface area contributed by atoms with Crippen molar-refractivity contribution in [2.75, 3.05) is 18.5 Å². The second kappa shape index (κ2) is 11.2. The molecule has 0 aromatic heterocycles. The Hall–Kier alpha value is -4.05. The van der Waals surface area contributed by atoms with Crippen LogP contribution in [0.25, 0.3) is 6.08 Å². The lowest BCUT2D eigenvalue weighted by molar-refractivity contribution is -0.112. The molecule has 0 aliphatic heterocycles. The Kier molecular flexibility index (Phi) is 8.41. The molecule has 0 spiro atoms. The number of hydrogen-bond donors (Lipinski definition) is 2. The molecular weight excluding hydrogens is 396 g/mol. The van der Waals surface area contributed by atoms with Gasteiger partial charge in [-0.2, -0.15) is 5.26 Å². The Labute approximate surface area is 181 Å². The molecular formula is C24H24N2O5. The van der Waals surface area contributed by atoms with E-state index in [1.54, 1.807) is 18.2 Å². The predicted molar refractivity (Wildman–Crippen MR) is 118 cm³/mol. The number of ether oxygens (including phenoxy) is 2. The van der Waals surface area contributed by atoms with Crippen molar-refractivity contribution in [2.45, 2.75) is 20.3 Å². The second-order valence-electron chi connectivity index (χ2n) is 6.38. The highest BCUT2D eigenvalue weighted by Gasteiger charge is 2.15. The van der Waals surface area contributed by atoms with Crippen molar-refractivity contribution in [3.63, 3.8) is 0 Å². The first-order valence-corrected chi connectivity index (χ1v) is 9.73. The SMILES string of the molecule is C=CCc1cc(/C=C(/C#N)C(=O)Nc2cccc(C(=O)O)c2)cc(OCC)c1OCC. The van der Waals surface area contributed by atoms with E-state index >= 15 is 0 Å². The van der Waals surface area contributed by atoms with Crippen LogP contribution in [-0.4, -0.2) is 30.2 Å². The second-order valence-corrected chi connectivity index (χ2v) is 6.38. The molecule has 0 heterocycles. The molecule has 2 rings (SSSR count). The Morgan fingerprint density at radius 2 is 1.94 bits per heavy atom. The summed E-state index contributed by atoms with van der Waals surface area (Å²) >= 11 is 0. The number of allylic oxidation sites excluding steroid dienone is 1. The highest BCUT2D eigenvalue weighted by atomic mass is 16.5. The maximum atomic E-state index is 12.6. The third-order valence-corrected chi connectivity index (χ3v) is 4.15. The molecule has 0 atom stereocenters. The topological polar surface area (TPSA) is 109 Å². The average molecular weight is 420 g/mol. The smallest absolute Gasteiger partial charge is 0.335 e. The van der Waals surface area contributed by atoms with E-state index in [0.29, 0.717) is 36.7 Å². The molecule has 0 unspecified atom stereocenters. The molecule has 2 N–H and O–H groups in total. The lowest BCUT2D eigenvalue weighted by atomic mass is 10.0. The van der Waals surface area contributed by atoms with E-state index in [-0.39, 0.29) is 16.8 Å². The van der Waals surface area contributed by atoms with Crippen LogP contribution < -0.4 is 14.8 Å². The molecule has 7 nitrogen and oxygen atoms in total. The number of anilines is 1. The first-order chi connectivity index (χ1) is 14.9. The van der Waals surface area contributed by atoms with E-state index in [2.05, 4.69) is 11.9 Å². The van der Waals surface area contributed by atoms with Gasteiger partial charge in [0.1, 0.15) is 11.6 Å². The number of carboxylic acids is 1. The van der Waals surface area contributed by atoms with Crippen LogP contribution in [0, 0.1) is 11.3 Å².